The maximum atomic E-state index is 10.6. The lowest BCUT2D eigenvalue weighted by atomic mass is 10.0. The van der Waals surface area contributed by atoms with E-state index in [-0.39, 0.29) is 6.29 Å². The highest BCUT2D eigenvalue weighted by Gasteiger charge is 2.43. The Bertz CT molecular complexity index is 200. The molecule has 12 heavy (non-hydrogen) atoms. The molecular formula is C6H8O6. The van der Waals surface area contributed by atoms with Crippen LogP contribution in [0.15, 0.2) is 0 Å². The van der Waals surface area contributed by atoms with Gasteiger partial charge in [-0.2, -0.15) is 0 Å². The maximum absolute atomic E-state index is 10.6. The Morgan fingerprint density at radius 3 is 2.33 bits per heavy atom. The highest BCUT2D eigenvalue weighted by molar-refractivity contribution is 5.79. The van der Waals surface area contributed by atoms with Gasteiger partial charge >= 0.3 is 5.97 Å². The molecule has 68 valence electrons. The third-order valence-corrected chi connectivity index (χ3v) is 1.64. The molecule has 1 aliphatic heterocycles. The van der Waals surface area contributed by atoms with Crippen molar-refractivity contribution in [3.8, 4) is 0 Å². The molecule has 1 heterocycles. The summed E-state index contributed by atoms with van der Waals surface area (Å²) in [5, 5.41) is 26.8. The molecular weight excluding hydrogens is 168 g/mol. The van der Waals surface area contributed by atoms with E-state index < -0.39 is 30.4 Å². The van der Waals surface area contributed by atoms with Gasteiger partial charge in [-0.3, -0.25) is 4.79 Å². The van der Waals surface area contributed by atoms with Crippen molar-refractivity contribution in [2.75, 3.05) is 0 Å². The molecule has 0 aliphatic carbocycles. The number of cyclic esters (lactones) is 1. The predicted octanol–water partition coefficient (Wildman–Crippen LogP) is -2.81. The van der Waals surface area contributed by atoms with Crippen LogP contribution in [0.1, 0.15) is 0 Å². The van der Waals surface area contributed by atoms with Gasteiger partial charge in [0, 0.05) is 0 Å². The highest BCUT2D eigenvalue weighted by atomic mass is 16.6. The zero-order chi connectivity index (χ0) is 9.30. The van der Waals surface area contributed by atoms with Crippen molar-refractivity contribution in [1.82, 2.24) is 0 Å². The monoisotopic (exact) mass is 176 g/mol. The summed E-state index contributed by atoms with van der Waals surface area (Å²) in [6.45, 7) is 0. The van der Waals surface area contributed by atoms with Crippen molar-refractivity contribution in [2.24, 2.45) is 0 Å². The van der Waals surface area contributed by atoms with Gasteiger partial charge in [0.1, 0.15) is 12.2 Å². The predicted molar refractivity (Wildman–Crippen MR) is 34.0 cm³/mol. The molecule has 0 spiro atoms. The van der Waals surface area contributed by atoms with Crippen molar-refractivity contribution in [1.29, 1.82) is 0 Å². The fourth-order valence-corrected chi connectivity index (χ4v) is 0.902. The van der Waals surface area contributed by atoms with Crippen molar-refractivity contribution in [3.63, 3.8) is 0 Å². The number of ether oxygens (including phenoxy) is 1. The molecule has 0 aromatic carbocycles. The zero-order valence-electron chi connectivity index (χ0n) is 5.95. The Morgan fingerprint density at radius 1 is 1.25 bits per heavy atom. The first-order valence-electron chi connectivity index (χ1n) is 3.28. The fraction of sp³-hybridized carbons (Fsp3) is 0.667. The summed E-state index contributed by atoms with van der Waals surface area (Å²) in [4.78, 5) is 20.8. The second kappa shape index (κ2) is 3.18. The lowest BCUT2D eigenvalue weighted by Gasteiger charge is -2.31. The van der Waals surface area contributed by atoms with E-state index in [0.717, 1.165) is 0 Å². The summed E-state index contributed by atoms with van der Waals surface area (Å²) in [5.74, 6) is -1.11. The van der Waals surface area contributed by atoms with E-state index in [1.54, 1.807) is 0 Å². The van der Waals surface area contributed by atoms with Gasteiger partial charge in [-0.05, 0) is 0 Å². The summed E-state index contributed by atoms with van der Waals surface area (Å²) in [6, 6.07) is 0. The number of carbonyl (C=O) groups is 2. The Morgan fingerprint density at radius 2 is 1.83 bits per heavy atom. The lowest BCUT2D eigenvalue weighted by molar-refractivity contribution is -0.200. The van der Waals surface area contributed by atoms with E-state index >= 15 is 0 Å². The topological polar surface area (TPSA) is 104 Å². The van der Waals surface area contributed by atoms with Gasteiger partial charge in [-0.25, -0.2) is 4.79 Å². The largest absolute Gasteiger partial charge is 0.450 e. The van der Waals surface area contributed by atoms with Crippen LogP contribution in [0.5, 0.6) is 0 Å². The van der Waals surface area contributed by atoms with Crippen LogP contribution in [-0.2, 0) is 14.3 Å². The number of hydrogen-bond donors (Lipinski definition) is 3. The van der Waals surface area contributed by atoms with E-state index in [2.05, 4.69) is 4.74 Å². The van der Waals surface area contributed by atoms with Crippen molar-refractivity contribution in [2.45, 2.75) is 24.4 Å². The van der Waals surface area contributed by atoms with E-state index in [9.17, 15) is 9.59 Å². The van der Waals surface area contributed by atoms with Crippen molar-refractivity contribution >= 4 is 12.3 Å². The molecule has 0 amide bonds. The molecule has 0 aromatic rings. The molecule has 0 aromatic heterocycles. The second-order valence-electron chi connectivity index (χ2n) is 2.46. The minimum absolute atomic E-state index is 0.192. The van der Waals surface area contributed by atoms with E-state index in [0.29, 0.717) is 0 Å². The molecule has 1 fully saturated rings. The van der Waals surface area contributed by atoms with Crippen LogP contribution in [0.4, 0.5) is 0 Å². The third kappa shape index (κ3) is 1.31. The SMILES string of the molecule is O=C[C@H]1OC(=O)[C@H](O)[C@@H](O)[C@@H]1O. The molecule has 1 rings (SSSR count). The van der Waals surface area contributed by atoms with Crippen LogP contribution < -0.4 is 0 Å². The molecule has 6 nitrogen and oxygen atoms in total. The number of aliphatic hydroxyl groups is 3. The summed E-state index contributed by atoms with van der Waals surface area (Å²) in [7, 11) is 0. The molecule has 0 unspecified atom stereocenters. The average Bonchev–Trinajstić information content (AvgIpc) is 2.08. The molecule has 3 N–H and O–H groups in total. The van der Waals surface area contributed by atoms with Gasteiger partial charge in [-0.1, -0.05) is 0 Å². The Labute approximate surface area is 67.4 Å². The first-order chi connectivity index (χ1) is 5.57. The first-order valence-corrected chi connectivity index (χ1v) is 3.28. The molecule has 0 bridgehead atoms. The van der Waals surface area contributed by atoms with Crippen molar-refractivity contribution in [3.05, 3.63) is 0 Å². The Kier molecular flexibility index (Phi) is 2.41. The van der Waals surface area contributed by atoms with Crippen LogP contribution in [0.2, 0.25) is 0 Å². The van der Waals surface area contributed by atoms with Crippen LogP contribution in [0.25, 0.3) is 0 Å². The molecule has 1 aliphatic rings. The summed E-state index contributed by atoms with van der Waals surface area (Å²) >= 11 is 0. The van der Waals surface area contributed by atoms with Crippen LogP contribution in [0, 0.1) is 0 Å². The minimum Gasteiger partial charge on any atom is -0.450 e. The molecule has 0 radical (unpaired) electrons. The minimum atomic E-state index is -1.78. The Hall–Kier alpha value is -0.980. The number of aliphatic hydroxyl groups excluding tert-OH is 3. The summed E-state index contributed by atoms with van der Waals surface area (Å²) < 4.78 is 4.26. The number of esters is 1. The van der Waals surface area contributed by atoms with Crippen LogP contribution in [0.3, 0.4) is 0 Å². The molecule has 1 saturated heterocycles. The standard InChI is InChI=1S/C6H8O6/c7-1-2-3(8)4(9)5(10)6(11)12-2/h1-5,8-10H/t2-,3-,4+,5-/m1/s1. The first kappa shape index (κ1) is 9.11. The Balaban J connectivity index is 2.76. The van der Waals surface area contributed by atoms with Crippen molar-refractivity contribution < 1.29 is 29.6 Å². The van der Waals surface area contributed by atoms with Gasteiger partial charge < -0.3 is 20.1 Å². The van der Waals surface area contributed by atoms with Gasteiger partial charge in [-0.15, -0.1) is 0 Å². The quantitative estimate of drug-likeness (QED) is 0.294. The van der Waals surface area contributed by atoms with E-state index in [4.69, 9.17) is 15.3 Å². The highest BCUT2D eigenvalue weighted by Crippen LogP contribution is 2.14. The van der Waals surface area contributed by atoms with Gasteiger partial charge in [0.25, 0.3) is 0 Å². The smallest absolute Gasteiger partial charge is 0.338 e. The maximum Gasteiger partial charge on any atom is 0.338 e. The number of rotatable bonds is 1. The normalized spacial score (nSPS) is 42.1. The summed E-state index contributed by atoms with van der Waals surface area (Å²) in [6.07, 6.45) is -6.21. The second-order valence-corrected chi connectivity index (χ2v) is 2.46. The van der Waals surface area contributed by atoms with E-state index in [1.807, 2.05) is 0 Å². The van der Waals surface area contributed by atoms with Gasteiger partial charge in [0.05, 0.1) is 0 Å². The lowest BCUT2D eigenvalue weighted by Crippen LogP contribution is -2.56. The summed E-state index contributed by atoms with van der Waals surface area (Å²) in [5.41, 5.74) is 0. The zero-order valence-corrected chi connectivity index (χ0v) is 5.95. The molecule has 0 saturated carbocycles. The molecule has 4 atom stereocenters. The fourth-order valence-electron chi connectivity index (χ4n) is 0.902. The number of carbonyl (C=O) groups excluding carboxylic acids is 2. The number of hydrogen-bond acceptors (Lipinski definition) is 6. The van der Waals surface area contributed by atoms with Crippen LogP contribution >= 0.6 is 0 Å². The molecule has 6 heteroatoms. The van der Waals surface area contributed by atoms with E-state index in [1.165, 1.54) is 0 Å². The van der Waals surface area contributed by atoms with Gasteiger partial charge in [0.2, 0.25) is 0 Å². The van der Waals surface area contributed by atoms with Gasteiger partial charge in [0.15, 0.2) is 18.5 Å². The number of aldehydes is 1. The van der Waals surface area contributed by atoms with Crippen LogP contribution in [-0.4, -0.2) is 52.0 Å². The average molecular weight is 176 g/mol. The third-order valence-electron chi connectivity index (χ3n) is 1.64.